The molecule has 0 amide bonds. The van der Waals surface area contributed by atoms with Crippen LogP contribution in [0.5, 0.6) is 0 Å². The molecule has 2 aromatic rings. The minimum Gasteiger partial charge on any atom is -0.462 e. The van der Waals surface area contributed by atoms with Gasteiger partial charge >= 0.3 is 5.97 Å². The highest BCUT2D eigenvalue weighted by Crippen LogP contribution is 2.31. The third-order valence-corrected chi connectivity index (χ3v) is 3.75. The average molecular weight is 299 g/mol. The molecule has 0 saturated carbocycles. The second kappa shape index (κ2) is 6.21. The molecule has 0 radical (unpaired) electrons. The second-order valence-electron chi connectivity index (χ2n) is 3.99. The lowest BCUT2D eigenvalue weighted by molar-refractivity contribution is 0.0505. The number of anilines is 1. The lowest BCUT2D eigenvalue weighted by atomic mass is 10.2. The third-order valence-electron chi connectivity index (χ3n) is 2.46. The summed E-state index contributed by atoms with van der Waals surface area (Å²) in [6.45, 7) is 5.15. The van der Waals surface area contributed by atoms with Gasteiger partial charge in [-0.15, -0.1) is 0 Å². The molecule has 0 bridgehead atoms. The van der Waals surface area contributed by atoms with Gasteiger partial charge in [-0.05, 0) is 25.5 Å². The van der Waals surface area contributed by atoms with Crippen molar-refractivity contribution in [1.82, 2.24) is 4.98 Å². The molecular weight excluding hydrogens is 284 g/mol. The molecule has 19 heavy (non-hydrogen) atoms. The molecule has 0 aliphatic carbocycles. The van der Waals surface area contributed by atoms with Crippen LogP contribution in [0.15, 0.2) is 12.1 Å². The van der Waals surface area contributed by atoms with E-state index < -0.39 is 5.97 Å². The van der Waals surface area contributed by atoms with Crippen LogP contribution >= 0.6 is 22.9 Å². The Hall–Kier alpha value is -1.33. The normalized spacial score (nSPS) is 10.7. The van der Waals surface area contributed by atoms with Crippen LogP contribution in [0.25, 0.3) is 10.2 Å². The molecule has 0 aliphatic heterocycles. The van der Waals surface area contributed by atoms with Gasteiger partial charge in [-0.25, -0.2) is 9.78 Å². The van der Waals surface area contributed by atoms with Gasteiger partial charge in [0.25, 0.3) is 0 Å². The number of rotatable bonds is 5. The van der Waals surface area contributed by atoms with Gasteiger partial charge in [0.15, 0.2) is 5.13 Å². The van der Waals surface area contributed by atoms with Crippen LogP contribution in [0.3, 0.4) is 0 Å². The first-order valence-electron chi connectivity index (χ1n) is 6.16. The fourth-order valence-corrected chi connectivity index (χ4v) is 2.87. The number of halogens is 1. The Labute approximate surface area is 120 Å². The molecule has 1 aromatic carbocycles. The van der Waals surface area contributed by atoms with E-state index in [0.29, 0.717) is 17.2 Å². The minimum absolute atomic E-state index is 0.371. The van der Waals surface area contributed by atoms with Crippen LogP contribution in [-0.4, -0.2) is 24.1 Å². The monoisotopic (exact) mass is 298 g/mol. The zero-order chi connectivity index (χ0) is 13.8. The van der Waals surface area contributed by atoms with Crippen molar-refractivity contribution >= 4 is 44.3 Å². The number of nitrogens with one attached hydrogen (secondary N) is 1. The number of nitrogens with zero attached hydrogens (tertiary/aromatic N) is 1. The molecule has 4 nitrogen and oxygen atoms in total. The summed E-state index contributed by atoms with van der Waals surface area (Å²) >= 11 is 7.64. The SMILES string of the molecule is CCCOC(=O)c1cc2nc(NCC)sc2cc1Cl. The van der Waals surface area contributed by atoms with Crippen LogP contribution < -0.4 is 5.32 Å². The predicted molar refractivity (Wildman–Crippen MR) is 79.4 cm³/mol. The number of carbonyl (C=O) groups excluding carboxylic acids is 1. The Morgan fingerprint density at radius 2 is 2.26 bits per heavy atom. The Balaban J connectivity index is 2.34. The van der Waals surface area contributed by atoms with Gasteiger partial charge < -0.3 is 10.1 Å². The van der Waals surface area contributed by atoms with Gasteiger partial charge in [0, 0.05) is 6.54 Å². The van der Waals surface area contributed by atoms with Crippen LogP contribution in [0, 0.1) is 0 Å². The van der Waals surface area contributed by atoms with Crippen LogP contribution in [-0.2, 0) is 4.74 Å². The van der Waals surface area contributed by atoms with E-state index in [1.807, 2.05) is 13.8 Å². The number of carbonyl (C=O) groups is 1. The van der Waals surface area contributed by atoms with Crippen molar-refractivity contribution in [3.8, 4) is 0 Å². The van der Waals surface area contributed by atoms with E-state index in [4.69, 9.17) is 16.3 Å². The van der Waals surface area contributed by atoms with Gasteiger partial charge in [0.1, 0.15) is 0 Å². The number of benzene rings is 1. The lowest BCUT2D eigenvalue weighted by Crippen LogP contribution is -2.06. The predicted octanol–water partition coefficient (Wildman–Crippen LogP) is 3.95. The number of ether oxygens (including phenoxy) is 1. The topological polar surface area (TPSA) is 51.2 Å². The Kier molecular flexibility index (Phi) is 4.61. The zero-order valence-electron chi connectivity index (χ0n) is 10.8. The Morgan fingerprint density at radius 1 is 1.47 bits per heavy atom. The van der Waals surface area contributed by atoms with Crippen molar-refractivity contribution in [2.75, 3.05) is 18.5 Å². The van der Waals surface area contributed by atoms with Crippen LogP contribution in [0.1, 0.15) is 30.6 Å². The highest BCUT2D eigenvalue weighted by molar-refractivity contribution is 7.22. The number of thiazole rings is 1. The summed E-state index contributed by atoms with van der Waals surface area (Å²) in [5, 5.41) is 4.38. The van der Waals surface area contributed by atoms with Gasteiger partial charge in [-0.3, -0.25) is 0 Å². The number of hydrogen-bond acceptors (Lipinski definition) is 5. The molecule has 6 heteroatoms. The number of aromatic nitrogens is 1. The van der Waals surface area contributed by atoms with Crippen molar-refractivity contribution in [2.45, 2.75) is 20.3 Å². The standard InChI is InChI=1S/C13H15ClN2O2S/c1-3-5-18-12(17)8-6-10-11(7-9(8)14)19-13(16-10)15-4-2/h6-7H,3-5H2,1-2H3,(H,15,16). The first-order valence-corrected chi connectivity index (χ1v) is 7.36. The summed E-state index contributed by atoms with van der Waals surface area (Å²) in [6.07, 6.45) is 0.785. The van der Waals surface area contributed by atoms with E-state index in [-0.39, 0.29) is 0 Å². The third kappa shape index (κ3) is 3.16. The maximum atomic E-state index is 11.9. The molecule has 0 atom stereocenters. The summed E-state index contributed by atoms with van der Waals surface area (Å²) < 4.78 is 6.05. The summed E-state index contributed by atoms with van der Waals surface area (Å²) in [5.74, 6) is -0.397. The van der Waals surface area contributed by atoms with E-state index in [1.165, 1.54) is 11.3 Å². The second-order valence-corrected chi connectivity index (χ2v) is 5.42. The molecule has 0 unspecified atom stereocenters. The molecule has 2 rings (SSSR count). The van der Waals surface area contributed by atoms with Crippen molar-refractivity contribution < 1.29 is 9.53 Å². The van der Waals surface area contributed by atoms with Gasteiger partial charge in [0.05, 0.1) is 27.4 Å². The molecule has 0 aliphatic rings. The van der Waals surface area contributed by atoms with Crippen LogP contribution in [0.4, 0.5) is 5.13 Å². The van der Waals surface area contributed by atoms with Crippen molar-refractivity contribution in [3.63, 3.8) is 0 Å². The van der Waals surface area contributed by atoms with Crippen molar-refractivity contribution in [1.29, 1.82) is 0 Å². The smallest absolute Gasteiger partial charge is 0.339 e. The van der Waals surface area contributed by atoms with E-state index in [1.54, 1.807) is 12.1 Å². The molecule has 0 spiro atoms. The summed E-state index contributed by atoms with van der Waals surface area (Å²) in [5.41, 5.74) is 1.13. The first kappa shape index (κ1) is 14.1. The summed E-state index contributed by atoms with van der Waals surface area (Å²) in [7, 11) is 0. The summed E-state index contributed by atoms with van der Waals surface area (Å²) in [6, 6.07) is 3.45. The largest absolute Gasteiger partial charge is 0.462 e. The molecule has 102 valence electrons. The van der Waals surface area contributed by atoms with Crippen LogP contribution in [0.2, 0.25) is 5.02 Å². The van der Waals surface area contributed by atoms with Gasteiger partial charge in [-0.2, -0.15) is 0 Å². The van der Waals surface area contributed by atoms with E-state index in [2.05, 4.69) is 10.3 Å². The molecule has 1 aromatic heterocycles. The maximum absolute atomic E-state index is 11.9. The van der Waals surface area contributed by atoms with E-state index in [0.717, 1.165) is 28.3 Å². The molecule has 0 fully saturated rings. The zero-order valence-corrected chi connectivity index (χ0v) is 12.4. The number of hydrogen-bond donors (Lipinski definition) is 1. The fraction of sp³-hybridized carbons (Fsp3) is 0.385. The van der Waals surface area contributed by atoms with E-state index >= 15 is 0 Å². The summed E-state index contributed by atoms with van der Waals surface area (Å²) in [4.78, 5) is 16.3. The molecule has 1 heterocycles. The maximum Gasteiger partial charge on any atom is 0.339 e. The van der Waals surface area contributed by atoms with Gasteiger partial charge in [-0.1, -0.05) is 29.9 Å². The Morgan fingerprint density at radius 3 is 2.95 bits per heavy atom. The minimum atomic E-state index is -0.397. The fourth-order valence-electron chi connectivity index (χ4n) is 1.60. The average Bonchev–Trinajstić information content (AvgIpc) is 2.76. The molecular formula is C13H15ClN2O2S. The number of esters is 1. The number of fused-ring (bicyclic) bond motifs is 1. The van der Waals surface area contributed by atoms with Crippen molar-refractivity contribution in [3.05, 3.63) is 22.7 Å². The van der Waals surface area contributed by atoms with Crippen molar-refractivity contribution in [2.24, 2.45) is 0 Å². The molecule has 0 saturated heterocycles. The Bertz CT molecular complexity index is 598. The molecule has 1 N–H and O–H groups in total. The quantitative estimate of drug-likeness (QED) is 0.849. The van der Waals surface area contributed by atoms with Gasteiger partial charge in [0.2, 0.25) is 0 Å². The first-order chi connectivity index (χ1) is 9.15. The lowest BCUT2D eigenvalue weighted by Gasteiger charge is -2.04. The highest BCUT2D eigenvalue weighted by Gasteiger charge is 2.15. The van der Waals surface area contributed by atoms with E-state index in [9.17, 15) is 4.79 Å². The highest BCUT2D eigenvalue weighted by atomic mass is 35.5.